The van der Waals surface area contributed by atoms with Crippen LogP contribution in [0.5, 0.6) is 0 Å². The predicted octanol–water partition coefficient (Wildman–Crippen LogP) is 2.32. The van der Waals surface area contributed by atoms with Crippen molar-refractivity contribution in [2.45, 2.75) is 6.54 Å². The summed E-state index contributed by atoms with van der Waals surface area (Å²) < 4.78 is 3.42. The summed E-state index contributed by atoms with van der Waals surface area (Å²) >= 11 is 0. The van der Waals surface area contributed by atoms with Gasteiger partial charge < -0.3 is 0 Å². The molecule has 4 aromatic rings. The van der Waals surface area contributed by atoms with Gasteiger partial charge in [-0.2, -0.15) is 10.2 Å². The van der Waals surface area contributed by atoms with Gasteiger partial charge in [-0.05, 0) is 24.7 Å². The molecule has 0 unspecified atom stereocenters. The SMILES string of the molecule is CN(CC(=O)Nn1c(-c2cnn(C)c2)c2c3c(cccc31)C(=O)NN=C2)Cc1ccccc1. The number of carbonyl (C=O) groups excluding carboxylic acids is 2. The molecule has 2 N–H and O–H groups in total. The third-order valence-electron chi connectivity index (χ3n) is 5.56. The summed E-state index contributed by atoms with van der Waals surface area (Å²) in [4.78, 5) is 27.6. The van der Waals surface area contributed by atoms with Crippen molar-refractivity contribution in [3.05, 3.63) is 77.6 Å². The molecule has 3 heterocycles. The molecule has 2 aromatic carbocycles. The van der Waals surface area contributed by atoms with Gasteiger partial charge in [0.25, 0.3) is 11.8 Å². The van der Waals surface area contributed by atoms with Crippen molar-refractivity contribution in [3.8, 4) is 11.3 Å². The quantitative estimate of drug-likeness (QED) is 0.480. The van der Waals surface area contributed by atoms with Crippen LogP contribution < -0.4 is 10.9 Å². The van der Waals surface area contributed by atoms with E-state index in [0.29, 0.717) is 23.3 Å². The Morgan fingerprint density at radius 2 is 1.97 bits per heavy atom. The lowest BCUT2D eigenvalue weighted by Crippen LogP contribution is -2.34. The third-order valence-corrected chi connectivity index (χ3v) is 5.56. The van der Waals surface area contributed by atoms with E-state index in [9.17, 15) is 9.59 Å². The molecule has 0 aliphatic carbocycles. The van der Waals surface area contributed by atoms with Gasteiger partial charge in [-0.15, -0.1) is 0 Å². The normalized spacial score (nSPS) is 12.8. The maximum absolute atomic E-state index is 13.1. The van der Waals surface area contributed by atoms with Gasteiger partial charge in [-0.1, -0.05) is 36.4 Å². The van der Waals surface area contributed by atoms with Crippen LogP contribution in [0.4, 0.5) is 0 Å². The molecule has 0 saturated carbocycles. The highest BCUT2D eigenvalue weighted by molar-refractivity contribution is 6.17. The Kier molecular flexibility index (Phi) is 5.23. The van der Waals surface area contributed by atoms with E-state index in [1.165, 1.54) is 0 Å². The average molecular weight is 441 g/mol. The van der Waals surface area contributed by atoms with Crippen LogP contribution in [0.1, 0.15) is 21.5 Å². The van der Waals surface area contributed by atoms with Crippen molar-refractivity contribution >= 4 is 28.9 Å². The van der Waals surface area contributed by atoms with Crippen LogP contribution in [0.3, 0.4) is 0 Å². The minimum absolute atomic E-state index is 0.175. The lowest BCUT2D eigenvalue weighted by atomic mass is 10.0. The fraction of sp³-hybridized carbons (Fsp3) is 0.167. The minimum Gasteiger partial charge on any atom is -0.293 e. The molecule has 9 nitrogen and oxygen atoms in total. The topological polar surface area (TPSA) is 96.5 Å². The number of benzene rings is 2. The average Bonchev–Trinajstić information content (AvgIpc) is 3.29. The van der Waals surface area contributed by atoms with Crippen LogP contribution >= 0.6 is 0 Å². The molecular weight excluding hydrogens is 418 g/mol. The van der Waals surface area contributed by atoms with E-state index in [1.54, 1.807) is 33.9 Å². The highest BCUT2D eigenvalue weighted by Crippen LogP contribution is 2.34. The van der Waals surface area contributed by atoms with E-state index < -0.39 is 0 Å². The Balaban J connectivity index is 1.54. The summed E-state index contributed by atoms with van der Waals surface area (Å²) in [5, 5.41) is 9.10. The molecule has 0 bridgehead atoms. The first-order valence-electron chi connectivity index (χ1n) is 10.5. The second-order valence-electron chi connectivity index (χ2n) is 8.09. The highest BCUT2D eigenvalue weighted by Gasteiger charge is 2.26. The number of hydrazone groups is 1. The van der Waals surface area contributed by atoms with Gasteiger partial charge in [0.1, 0.15) is 0 Å². The van der Waals surface area contributed by atoms with Crippen molar-refractivity contribution < 1.29 is 9.59 Å². The van der Waals surface area contributed by atoms with E-state index in [0.717, 1.165) is 22.1 Å². The number of carbonyl (C=O) groups is 2. The van der Waals surface area contributed by atoms with Crippen molar-refractivity contribution in [1.82, 2.24) is 24.8 Å². The second kappa shape index (κ2) is 8.36. The van der Waals surface area contributed by atoms with Crippen LogP contribution in [-0.4, -0.2) is 51.0 Å². The zero-order valence-electron chi connectivity index (χ0n) is 18.3. The molecule has 1 aliphatic heterocycles. The Morgan fingerprint density at radius 1 is 1.15 bits per heavy atom. The molecule has 1 aliphatic rings. The van der Waals surface area contributed by atoms with Crippen molar-refractivity contribution in [2.24, 2.45) is 12.1 Å². The molecule has 2 aromatic heterocycles. The Hall–Kier alpha value is -4.24. The molecule has 0 spiro atoms. The van der Waals surface area contributed by atoms with Gasteiger partial charge in [-0.3, -0.25) is 29.3 Å². The Morgan fingerprint density at radius 3 is 2.73 bits per heavy atom. The summed E-state index contributed by atoms with van der Waals surface area (Å²) in [6.45, 7) is 0.850. The second-order valence-corrected chi connectivity index (χ2v) is 8.09. The number of amides is 2. The summed E-state index contributed by atoms with van der Waals surface area (Å²) in [6, 6.07) is 15.4. The molecule has 0 fully saturated rings. The zero-order valence-corrected chi connectivity index (χ0v) is 18.3. The van der Waals surface area contributed by atoms with Crippen LogP contribution in [0.25, 0.3) is 22.2 Å². The predicted molar refractivity (Wildman–Crippen MR) is 126 cm³/mol. The van der Waals surface area contributed by atoms with E-state index in [1.807, 2.05) is 61.6 Å². The van der Waals surface area contributed by atoms with Gasteiger partial charge in [0.15, 0.2) is 0 Å². The molecule has 0 radical (unpaired) electrons. The maximum Gasteiger partial charge on any atom is 0.272 e. The first-order valence-corrected chi connectivity index (χ1v) is 10.5. The van der Waals surface area contributed by atoms with E-state index in [-0.39, 0.29) is 18.4 Å². The monoisotopic (exact) mass is 441 g/mol. The largest absolute Gasteiger partial charge is 0.293 e. The van der Waals surface area contributed by atoms with Crippen LogP contribution in [0, 0.1) is 0 Å². The summed E-state index contributed by atoms with van der Waals surface area (Å²) in [7, 11) is 3.73. The number of aryl methyl sites for hydroxylation is 1. The number of hydrogen-bond acceptors (Lipinski definition) is 5. The Bertz CT molecular complexity index is 1380. The molecule has 9 heteroatoms. The molecular formula is C24H23N7O2. The Labute approximate surface area is 190 Å². The first-order chi connectivity index (χ1) is 16.0. The summed E-state index contributed by atoms with van der Waals surface area (Å²) in [5.41, 5.74) is 10.2. The standard InChI is InChI=1S/C24H23N7O2/c1-29(13-16-7-4-3-5-8-16)15-21(32)28-31-20-10-6-9-18-22(20)19(12-25-27-24(18)33)23(31)17-11-26-30(2)14-17/h3-12,14H,13,15H2,1-2H3,(H,27,33)(H,28,32). The van der Waals surface area contributed by atoms with Crippen molar-refractivity contribution in [2.75, 3.05) is 19.0 Å². The molecule has 2 amide bonds. The van der Waals surface area contributed by atoms with E-state index in [4.69, 9.17) is 0 Å². The molecule has 5 rings (SSSR count). The number of nitrogens with one attached hydrogen (secondary N) is 2. The number of hydrogen-bond donors (Lipinski definition) is 2. The number of likely N-dealkylation sites (N-methyl/N-ethyl adjacent to an activating group) is 1. The lowest BCUT2D eigenvalue weighted by molar-refractivity contribution is -0.118. The van der Waals surface area contributed by atoms with Gasteiger partial charge in [-0.25, -0.2) is 5.43 Å². The lowest BCUT2D eigenvalue weighted by Gasteiger charge is -2.18. The summed E-state index contributed by atoms with van der Waals surface area (Å²) in [5.74, 6) is -0.467. The number of rotatable bonds is 6. The first kappa shape index (κ1) is 20.7. The zero-order chi connectivity index (χ0) is 22.9. The fourth-order valence-electron chi connectivity index (χ4n) is 4.20. The van der Waals surface area contributed by atoms with Crippen LogP contribution in [0.2, 0.25) is 0 Å². The minimum atomic E-state index is -0.292. The summed E-state index contributed by atoms with van der Waals surface area (Å²) in [6.07, 6.45) is 5.20. The van der Waals surface area contributed by atoms with E-state index >= 15 is 0 Å². The molecule has 0 saturated heterocycles. The maximum atomic E-state index is 13.1. The molecule has 166 valence electrons. The van der Waals surface area contributed by atoms with Crippen LogP contribution in [0.15, 0.2) is 66.0 Å². The number of aromatic nitrogens is 3. The van der Waals surface area contributed by atoms with Gasteiger partial charge in [0.2, 0.25) is 0 Å². The molecule has 33 heavy (non-hydrogen) atoms. The van der Waals surface area contributed by atoms with Gasteiger partial charge >= 0.3 is 0 Å². The smallest absolute Gasteiger partial charge is 0.272 e. The number of nitrogens with zero attached hydrogens (tertiary/aromatic N) is 5. The highest BCUT2D eigenvalue weighted by atomic mass is 16.2. The van der Waals surface area contributed by atoms with Crippen molar-refractivity contribution in [3.63, 3.8) is 0 Å². The van der Waals surface area contributed by atoms with E-state index in [2.05, 4.69) is 21.1 Å². The fourth-order valence-corrected chi connectivity index (χ4v) is 4.20. The van der Waals surface area contributed by atoms with Gasteiger partial charge in [0.05, 0.1) is 35.7 Å². The van der Waals surface area contributed by atoms with Gasteiger partial charge in [0, 0.05) is 36.3 Å². The van der Waals surface area contributed by atoms with Crippen molar-refractivity contribution in [1.29, 1.82) is 0 Å². The van der Waals surface area contributed by atoms with Crippen LogP contribution in [-0.2, 0) is 18.4 Å². The third kappa shape index (κ3) is 3.90. The molecule has 0 atom stereocenters.